The van der Waals surface area contributed by atoms with Crippen molar-refractivity contribution in [1.82, 2.24) is 0 Å². The third-order valence-corrected chi connectivity index (χ3v) is 1.81. The van der Waals surface area contributed by atoms with Crippen molar-refractivity contribution in [2.75, 3.05) is 13.2 Å². The molecule has 0 bridgehead atoms. The zero-order valence-electron chi connectivity index (χ0n) is 9.06. The molecule has 0 saturated carbocycles. The van der Waals surface area contributed by atoms with Gasteiger partial charge in [0.25, 0.3) is 5.95 Å². The van der Waals surface area contributed by atoms with Crippen LogP contribution in [-0.2, 0) is 9.47 Å². The normalized spacial score (nSPS) is 9.54. The Morgan fingerprint density at radius 3 is 2.08 bits per heavy atom. The summed E-state index contributed by atoms with van der Waals surface area (Å²) >= 11 is 0. The summed E-state index contributed by atoms with van der Waals surface area (Å²) in [6, 6.07) is 0. The fourth-order valence-corrected chi connectivity index (χ4v) is 1.07. The van der Waals surface area contributed by atoms with Crippen molar-refractivity contribution in [3.63, 3.8) is 0 Å². The summed E-state index contributed by atoms with van der Waals surface area (Å²) < 4.78 is 10.8. The molecule has 0 aliphatic heterocycles. The van der Waals surface area contributed by atoms with Crippen LogP contribution in [0.4, 0.5) is 0 Å². The van der Waals surface area contributed by atoms with Crippen molar-refractivity contribution in [2.45, 2.75) is 40.0 Å². The van der Waals surface area contributed by atoms with E-state index in [9.17, 15) is 0 Å². The third kappa shape index (κ3) is 4.81. The Labute approximate surface area is 81.9 Å². The standard InChI is InChI=1S/C11H21O2/c1-5-9-13-11(12-8-4)10(6-2)7-3/h4-9H2,1-3H3. The van der Waals surface area contributed by atoms with Crippen LogP contribution in [-0.4, -0.2) is 13.2 Å². The van der Waals surface area contributed by atoms with Gasteiger partial charge in [-0.3, -0.25) is 0 Å². The molecule has 0 unspecified atom stereocenters. The van der Waals surface area contributed by atoms with E-state index in [0.29, 0.717) is 12.6 Å². The molecule has 13 heavy (non-hydrogen) atoms. The van der Waals surface area contributed by atoms with Gasteiger partial charge in [-0.1, -0.05) is 20.8 Å². The predicted octanol–water partition coefficient (Wildman–Crippen LogP) is 3.30. The lowest BCUT2D eigenvalue weighted by Crippen LogP contribution is -2.03. The number of hydrogen-bond acceptors (Lipinski definition) is 2. The smallest absolute Gasteiger partial charge is 0.278 e. The van der Waals surface area contributed by atoms with Crippen LogP contribution in [0.3, 0.4) is 0 Å². The molecular formula is C11H21O2. The lowest BCUT2D eigenvalue weighted by atomic mass is 10.2. The number of allylic oxidation sites excluding steroid dienone is 1. The van der Waals surface area contributed by atoms with E-state index >= 15 is 0 Å². The lowest BCUT2D eigenvalue weighted by Gasteiger charge is -2.13. The van der Waals surface area contributed by atoms with Crippen molar-refractivity contribution in [2.24, 2.45) is 0 Å². The maximum absolute atomic E-state index is 5.49. The minimum Gasteiger partial charge on any atom is -0.465 e. The van der Waals surface area contributed by atoms with Gasteiger partial charge in [0.2, 0.25) is 0 Å². The predicted molar refractivity (Wildman–Crippen MR) is 55.2 cm³/mol. The molecule has 0 heterocycles. The van der Waals surface area contributed by atoms with Crippen molar-refractivity contribution in [1.29, 1.82) is 0 Å². The van der Waals surface area contributed by atoms with Crippen LogP contribution in [0.25, 0.3) is 0 Å². The van der Waals surface area contributed by atoms with Crippen LogP contribution in [0.15, 0.2) is 11.5 Å². The molecule has 0 spiro atoms. The van der Waals surface area contributed by atoms with Crippen molar-refractivity contribution >= 4 is 0 Å². The fourth-order valence-electron chi connectivity index (χ4n) is 1.07. The minimum atomic E-state index is 0.433. The molecule has 0 aliphatic carbocycles. The number of rotatable bonds is 7. The highest BCUT2D eigenvalue weighted by Gasteiger charge is 2.05. The topological polar surface area (TPSA) is 18.5 Å². The van der Waals surface area contributed by atoms with Crippen molar-refractivity contribution in [3.8, 4) is 0 Å². The van der Waals surface area contributed by atoms with Gasteiger partial charge in [-0.15, -0.1) is 0 Å². The molecule has 0 atom stereocenters. The molecule has 0 aromatic heterocycles. The van der Waals surface area contributed by atoms with Gasteiger partial charge in [-0.25, -0.2) is 0 Å². The van der Waals surface area contributed by atoms with E-state index in [1.54, 1.807) is 0 Å². The van der Waals surface area contributed by atoms with E-state index < -0.39 is 0 Å². The molecule has 2 nitrogen and oxygen atoms in total. The first kappa shape index (κ1) is 12.3. The quantitative estimate of drug-likeness (QED) is 0.567. The first-order chi connectivity index (χ1) is 6.29. The third-order valence-electron chi connectivity index (χ3n) is 1.81. The molecule has 0 aromatic rings. The van der Waals surface area contributed by atoms with Crippen LogP contribution in [0.1, 0.15) is 40.0 Å². The molecule has 0 saturated heterocycles. The second kappa shape index (κ2) is 7.96. The molecule has 0 N–H and O–H groups in total. The van der Waals surface area contributed by atoms with Crippen LogP contribution >= 0.6 is 0 Å². The average Bonchev–Trinajstić information content (AvgIpc) is 2.16. The highest BCUT2D eigenvalue weighted by atomic mass is 16.7. The Kier molecular flexibility index (Phi) is 7.56. The lowest BCUT2D eigenvalue weighted by molar-refractivity contribution is 0.0414. The second-order valence-electron chi connectivity index (χ2n) is 2.80. The van der Waals surface area contributed by atoms with Crippen molar-refractivity contribution < 1.29 is 9.47 Å². The Morgan fingerprint density at radius 2 is 1.69 bits per heavy atom. The molecule has 1 radical (unpaired) electrons. The summed E-state index contributed by atoms with van der Waals surface area (Å²) in [7, 11) is 0. The maximum atomic E-state index is 5.49. The molecular weight excluding hydrogens is 164 g/mol. The minimum absolute atomic E-state index is 0.433. The zero-order chi connectivity index (χ0) is 10.1. The van der Waals surface area contributed by atoms with E-state index in [4.69, 9.17) is 9.47 Å². The highest BCUT2D eigenvalue weighted by Crippen LogP contribution is 2.15. The van der Waals surface area contributed by atoms with Gasteiger partial charge >= 0.3 is 0 Å². The van der Waals surface area contributed by atoms with Crippen molar-refractivity contribution in [3.05, 3.63) is 18.4 Å². The highest BCUT2D eigenvalue weighted by molar-refractivity contribution is 5.02. The zero-order valence-corrected chi connectivity index (χ0v) is 9.06. The molecule has 0 aromatic carbocycles. The Bertz CT molecular complexity index is 144. The Balaban J connectivity index is 4.24. The van der Waals surface area contributed by atoms with Crippen LogP contribution in [0.5, 0.6) is 0 Å². The van der Waals surface area contributed by atoms with E-state index in [1.165, 1.54) is 5.57 Å². The van der Waals surface area contributed by atoms with E-state index in [2.05, 4.69) is 27.7 Å². The number of ether oxygens (including phenoxy) is 2. The Hall–Kier alpha value is -0.660. The average molecular weight is 185 g/mol. The van der Waals surface area contributed by atoms with E-state index in [1.807, 2.05) is 0 Å². The summed E-state index contributed by atoms with van der Waals surface area (Å²) in [5.74, 6) is 0.696. The monoisotopic (exact) mass is 185 g/mol. The van der Waals surface area contributed by atoms with Gasteiger partial charge in [-0.2, -0.15) is 0 Å². The molecule has 0 rings (SSSR count). The second-order valence-corrected chi connectivity index (χ2v) is 2.80. The molecule has 77 valence electrons. The fraction of sp³-hybridized carbons (Fsp3) is 0.727. The molecule has 2 heteroatoms. The van der Waals surface area contributed by atoms with E-state index in [-0.39, 0.29) is 0 Å². The summed E-state index contributed by atoms with van der Waals surface area (Å²) in [6.07, 6.45) is 2.97. The van der Waals surface area contributed by atoms with Gasteiger partial charge in [0.05, 0.1) is 13.2 Å². The van der Waals surface area contributed by atoms with Crippen LogP contribution in [0.2, 0.25) is 0 Å². The summed E-state index contributed by atoms with van der Waals surface area (Å²) in [5, 5.41) is 0. The summed E-state index contributed by atoms with van der Waals surface area (Å²) in [5.41, 5.74) is 1.23. The first-order valence-corrected chi connectivity index (χ1v) is 5.06. The van der Waals surface area contributed by atoms with Gasteiger partial charge in [-0.05, 0) is 26.2 Å². The molecule has 0 fully saturated rings. The van der Waals surface area contributed by atoms with Crippen LogP contribution in [0, 0.1) is 6.92 Å². The first-order valence-electron chi connectivity index (χ1n) is 5.06. The SMILES string of the molecule is [CH2]COC(OCCC)=C(CC)CC. The summed E-state index contributed by atoms with van der Waals surface area (Å²) in [4.78, 5) is 0. The molecule has 0 aliphatic rings. The largest absolute Gasteiger partial charge is 0.465 e. The summed E-state index contributed by atoms with van der Waals surface area (Å²) in [6.45, 7) is 11.1. The van der Waals surface area contributed by atoms with Gasteiger partial charge in [0.1, 0.15) is 0 Å². The van der Waals surface area contributed by atoms with Gasteiger partial charge in [0, 0.05) is 5.57 Å². The molecule has 0 amide bonds. The van der Waals surface area contributed by atoms with Gasteiger partial charge < -0.3 is 9.47 Å². The Morgan fingerprint density at radius 1 is 1.08 bits per heavy atom. The van der Waals surface area contributed by atoms with Gasteiger partial charge in [0.15, 0.2) is 0 Å². The van der Waals surface area contributed by atoms with E-state index in [0.717, 1.165) is 25.9 Å². The number of hydrogen-bond donors (Lipinski definition) is 0. The van der Waals surface area contributed by atoms with Crippen LogP contribution < -0.4 is 0 Å². The maximum Gasteiger partial charge on any atom is 0.278 e.